The highest BCUT2D eigenvalue weighted by molar-refractivity contribution is 6.58. The Kier molecular flexibility index (Phi) is 2.76. The van der Waals surface area contributed by atoms with Crippen LogP contribution in [0.2, 0.25) is 0 Å². The highest BCUT2D eigenvalue weighted by atomic mass is 19.1. The minimum absolute atomic E-state index is 0.265. The number of aromatic nitrogens is 2. The molecule has 6 heteroatoms. The first-order chi connectivity index (χ1) is 7.58. The molecule has 0 aliphatic rings. The van der Waals surface area contributed by atoms with Gasteiger partial charge in [-0.2, -0.15) is 5.10 Å². The number of hydrogen-bond donors (Lipinski definition) is 2. The molecule has 0 spiro atoms. The summed E-state index contributed by atoms with van der Waals surface area (Å²) in [7, 11) is -1.57. The van der Waals surface area contributed by atoms with Gasteiger partial charge in [0, 0.05) is 17.9 Å². The maximum Gasteiger partial charge on any atom is 0.491 e. The van der Waals surface area contributed by atoms with Crippen LogP contribution >= 0.6 is 0 Å². The maximum absolute atomic E-state index is 13.3. The zero-order chi connectivity index (χ0) is 11.7. The van der Waals surface area contributed by atoms with E-state index in [-0.39, 0.29) is 11.3 Å². The lowest BCUT2D eigenvalue weighted by Gasteiger charge is -2.02. The molecule has 0 aliphatic carbocycles. The molecule has 0 bridgehead atoms. The highest BCUT2D eigenvalue weighted by Crippen LogP contribution is 2.11. The van der Waals surface area contributed by atoms with Crippen molar-refractivity contribution in [2.75, 3.05) is 0 Å². The molecule has 1 aromatic heterocycles. The van der Waals surface area contributed by atoms with Crippen molar-refractivity contribution in [3.05, 3.63) is 42.0 Å². The van der Waals surface area contributed by atoms with E-state index in [4.69, 9.17) is 10.0 Å². The van der Waals surface area contributed by atoms with Gasteiger partial charge < -0.3 is 10.0 Å². The van der Waals surface area contributed by atoms with Crippen molar-refractivity contribution in [2.24, 2.45) is 0 Å². The van der Waals surface area contributed by atoms with Crippen LogP contribution in [0, 0.1) is 12.7 Å². The van der Waals surface area contributed by atoms with Crippen LogP contribution in [0.4, 0.5) is 4.39 Å². The summed E-state index contributed by atoms with van der Waals surface area (Å²) in [5.41, 5.74) is 1.36. The first-order valence-corrected chi connectivity index (χ1v) is 4.75. The predicted octanol–water partition coefficient (Wildman–Crippen LogP) is -0.000380. The van der Waals surface area contributed by atoms with E-state index in [1.54, 1.807) is 19.1 Å². The summed E-state index contributed by atoms with van der Waals surface area (Å²) in [6, 6.07) is 4.69. The Morgan fingerprint density at radius 1 is 1.38 bits per heavy atom. The number of halogens is 1. The predicted molar refractivity (Wildman–Crippen MR) is 58.1 cm³/mol. The Morgan fingerprint density at radius 3 is 2.69 bits per heavy atom. The molecule has 0 amide bonds. The van der Waals surface area contributed by atoms with Crippen LogP contribution in [0.25, 0.3) is 5.69 Å². The monoisotopic (exact) mass is 220 g/mol. The van der Waals surface area contributed by atoms with E-state index in [0.29, 0.717) is 11.3 Å². The topological polar surface area (TPSA) is 58.3 Å². The van der Waals surface area contributed by atoms with Crippen molar-refractivity contribution in [2.45, 2.75) is 6.92 Å². The molecule has 0 fully saturated rings. The van der Waals surface area contributed by atoms with Gasteiger partial charge in [0.25, 0.3) is 0 Å². The van der Waals surface area contributed by atoms with Gasteiger partial charge in [-0.25, -0.2) is 9.07 Å². The second-order valence-electron chi connectivity index (χ2n) is 3.53. The number of rotatable bonds is 2. The van der Waals surface area contributed by atoms with Crippen LogP contribution in [0.15, 0.2) is 30.6 Å². The Balaban J connectivity index is 2.39. The molecule has 2 rings (SSSR count). The van der Waals surface area contributed by atoms with Gasteiger partial charge in [0.2, 0.25) is 0 Å². The zero-order valence-electron chi connectivity index (χ0n) is 8.63. The van der Waals surface area contributed by atoms with Crippen molar-refractivity contribution in [3.63, 3.8) is 0 Å². The Labute approximate surface area is 92.1 Å². The lowest BCUT2D eigenvalue weighted by Crippen LogP contribution is -2.28. The summed E-state index contributed by atoms with van der Waals surface area (Å²) in [5.74, 6) is -0.320. The van der Waals surface area contributed by atoms with Crippen LogP contribution in [-0.2, 0) is 0 Å². The Morgan fingerprint density at radius 2 is 2.12 bits per heavy atom. The third kappa shape index (κ3) is 1.98. The van der Waals surface area contributed by atoms with Gasteiger partial charge in [0.15, 0.2) is 0 Å². The van der Waals surface area contributed by atoms with Crippen molar-refractivity contribution < 1.29 is 14.4 Å². The van der Waals surface area contributed by atoms with E-state index in [9.17, 15) is 4.39 Å². The number of benzene rings is 1. The molecule has 0 saturated heterocycles. The summed E-state index contributed by atoms with van der Waals surface area (Å²) in [5, 5.41) is 21.7. The van der Waals surface area contributed by atoms with Gasteiger partial charge in [-0.05, 0) is 24.6 Å². The standard InChI is InChI=1S/C10H10BFN2O2/c1-7-2-3-9(4-10(7)12)14-6-8(5-13-14)11(15)16/h2-6,15-16H,1H3. The molecule has 4 nitrogen and oxygen atoms in total. The van der Waals surface area contributed by atoms with Crippen LogP contribution in [0.1, 0.15) is 5.56 Å². The third-order valence-corrected chi connectivity index (χ3v) is 2.32. The van der Waals surface area contributed by atoms with E-state index in [0.717, 1.165) is 0 Å². The van der Waals surface area contributed by atoms with Gasteiger partial charge in [-0.15, -0.1) is 0 Å². The molecule has 2 N–H and O–H groups in total. The molecule has 82 valence electrons. The smallest absolute Gasteiger partial charge is 0.423 e. The van der Waals surface area contributed by atoms with Crippen LogP contribution in [0.3, 0.4) is 0 Å². The molecule has 16 heavy (non-hydrogen) atoms. The SMILES string of the molecule is Cc1ccc(-n2cc(B(O)O)cn2)cc1F. The number of nitrogens with zero attached hydrogens (tertiary/aromatic N) is 2. The molecular weight excluding hydrogens is 210 g/mol. The Hall–Kier alpha value is -1.66. The number of hydrogen-bond acceptors (Lipinski definition) is 3. The van der Waals surface area contributed by atoms with Gasteiger partial charge in [0.1, 0.15) is 5.82 Å². The lowest BCUT2D eigenvalue weighted by molar-refractivity contribution is 0.426. The summed E-state index contributed by atoms with van der Waals surface area (Å²) in [6.07, 6.45) is 2.76. The van der Waals surface area contributed by atoms with Crippen LogP contribution < -0.4 is 5.46 Å². The Bertz CT molecular complexity index is 513. The summed E-state index contributed by atoms with van der Waals surface area (Å²) in [6.45, 7) is 1.67. The largest absolute Gasteiger partial charge is 0.491 e. The average Bonchev–Trinajstić information content (AvgIpc) is 2.71. The van der Waals surface area contributed by atoms with Crippen LogP contribution in [-0.4, -0.2) is 26.9 Å². The first kappa shape index (κ1) is 10.8. The fraction of sp³-hybridized carbons (Fsp3) is 0.100. The lowest BCUT2D eigenvalue weighted by atomic mass is 9.83. The molecule has 0 saturated carbocycles. The van der Waals surface area contributed by atoms with Crippen molar-refractivity contribution in [1.29, 1.82) is 0 Å². The summed E-state index contributed by atoms with van der Waals surface area (Å²) >= 11 is 0. The van der Waals surface area contributed by atoms with Crippen molar-refractivity contribution >= 4 is 12.6 Å². The zero-order valence-corrected chi connectivity index (χ0v) is 8.63. The molecule has 1 aromatic carbocycles. The molecule has 0 radical (unpaired) electrons. The normalized spacial score (nSPS) is 10.5. The van der Waals surface area contributed by atoms with E-state index in [1.807, 2.05) is 0 Å². The maximum atomic E-state index is 13.3. The van der Waals surface area contributed by atoms with Gasteiger partial charge >= 0.3 is 7.12 Å². The molecule has 0 atom stereocenters. The fourth-order valence-corrected chi connectivity index (χ4v) is 1.34. The first-order valence-electron chi connectivity index (χ1n) is 4.75. The van der Waals surface area contributed by atoms with Crippen molar-refractivity contribution in [3.8, 4) is 5.69 Å². The van der Waals surface area contributed by atoms with E-state index in [1.165, 1.54) is 23.1 Å². The highest BCUT2D eigenvalue weighted by Gasteiger charge is 2.13. The minimum atomic E-state index is -1.57. The molecule has 2 aromatic rings. The van der Waals surface area contributed by atoms with E-state index in [2.05, 4.69) is 5.10 Å². The van der Waals surface area contributed by atoms with E-state index >= 15 is 0 Å². The second kappa shape index (κ2) is 4.07. The molecule has 0 aliphatic heterocycles. The summed E-state index contributed by atoms with van der Waals surface area (Å²) in [4.78, 5) is 0. The summed E-state index contributed by atoms with van der Waals surface area (Å²) < 4.78 is 14.7. The molecular formula is C10H10BFN2O2. The number of aryl methyl sites for hydroxylation is 1. The fourth-order valence-electron chi connectivity index (χ4n) is 1.34. The quantitative estimate of drug-likeness (QED) is 0.700. The molecule has 0 unspecified atom stereocenters. The third-order valence-electron chi connectivity index (χ3n) is 2.32. The van der Waals surface area contributed by atoms with Gasteiger partial charge in [-0.1, -0.05) is 6.07 Å². The van der Waals surface area contributed by atoms with Crippen molar-refractivity contribution in [1.82, 2.24) is 9.78 Å². The van der Waals surface area contributed by atoms with Gasteiger partial charge in [-0.3, -0.25) is 0 Å². The van der Waals surface area contributed by atoms with Gasteiger partial charge in [0.05, 0.1) is 5.69 Å². The second-order valence-corrected chi connectivity index (χ2v) is 3.53. The van der Waals surface area contributed by atoms with Crippen LogP contribution in [0.5, 0.6) is 0 Å². The minimum Gasteiger partial charge on any atom is -0.423 e. The van der Waals surface area contributed by atoms with E-state index < -0.39 is 7.12 Å². The molecule has 1 heterocycles. The average molecular weight is 220 g/mol.